The Labute approximate surface area is 218 Å². The van der Waals surface area contributed by atoms with Crippen LogP contribution in [-0.2, 0) is 0 Å². The van der Waals surface area contributed by atoms with Gasteiger partial charge in [-0.3, -0.25) is 0 Å². The van der Waals surface area contributed by atoms with E-state index in [1.54, 1.807) is 18.2 Å². The molecule has 2 amide bonds. The van der Waals surface area contributed by atoms with Crippen molar-refractivity contribution in [3.63, 3.8) is 0 Å². The van der Waals surface area contributed by atoms with E-state index < -0.39 is 29.8 Å². The number of urea groups is 1. The number of likely N-dealkylation sites (tertiary alicyclic amines) is 1. The summed E-state index contributed by atoms with van der Waals surface area (Å²) in [6.07, 6.45) is -0.525. The Hall–Kier alpha value is -2.58. The third-order valence-corrected chi connectivity index (χ3v) is 8.42. The lowest BCUT2D eigenvalue weighted by Crippen LogP contribution is -2.48. The van der Waals surface area contributed by atoms with E-state index in [1.807, 2.05) is 0 Å². The molecule has 4 heterocycles. The third-order valence-electron chi connectivity index (χ3n) is 6.19. The zero-order valence-electron chi connectivity index (χ0n) is 20.1. The molecule has 0 aliphatic carbocycles. The Kier molecular flexibility index (Phi) is 7.24. The topological polar surface area (TPSA) is 95.3 Å². The summed E-state index contributed by atoms with van der Waals surface area (Å²) in [5.41, 5.74) is -3.98. The highest BCUT2D eigenvalue weighted by Gasteiger charge is 2.36. The molecule has 3 aromatic rings. The quantitative estimate of drug-likeness (QED) is 0.264. The summed E-state index contributed by atoms with van der Waals surface area (Å²) in [6, 6.07) is 3.60. The van der Waals surface area contributed by atoms with E-state index in [4.69, 9.17) is 4.52 Å². The number of amides is 2. The summed E-state index contributed by atoms with van der Waals surface area (Å²) < 4.78 is 61.6. The van der Waals surface area contributed by atoms with Gasteiger partial charge in [-0.15, -0.1) is 11.3 Å². The maximum atomic E-state index is 15.1. The minimum absolute atomic E-state index is 0.000380. The van der Waals surface area contributed by atoms with Gasteiger partial charge in [0.15, 0.2) is 0 Å². The lowest BCUT2D eigenvalue weighted by molar-refractivity contribution is -0.0327. The molecule has 8 nitrogen and oxygen atoms in total. The number of thioether (sulfide) groups is 1. The number of hydrogen-bond donors (Lipinski definition) is 3. The number of thiophene rings is 1. The number of fused-ring (bicyclic) bond motifs is 1. The molecule has 14 heteroatoms. The number of carbonyl (C=O) groups is 1. The van der Waals surface area contributed by atoms with Crippen LogP contribution in [0.3, 0.4) is 0 Å². The SMILES string of the molecule is CC(C)CN1CCC(Nc2cccc3c(SC(F)(F)F)c(-c4noc(C5CNC(=O)N5)n4)sc23)C(F)C1. The van der Waals surface area contributed by atoms with Crippen molar-refractivity contribution in [3.8, 4) is 10.7 Å². The molecule has 0 radical (unpaired) electrons. The van der Waals surface area contributed by atoms with E-state index in [0.29, 0.717) is 34.7 Å². The Morgan fingerprint density at radius 3 is 2.84 bits per heavy atom. The number of benzene rings is 1. The summed E-state index contributed by atoms with van der Waals surface area (Å²) in [5.74, 6) is 0.535. The van der Waals surface area contributed by atoms with Gasteiger partial charge in [0.05, 0.1) is 21.3 Å². The first-order valence-corrected chi connectivity index (χ1v) is 13.5. The zero-order chi connectivity index (χ0) is 26.3. The minimum atomic E-state index is -4.55. The molecule has 200 valence electrons. The molecule has 0 saturated carbocycles. The van der Waals surface area contributed by atoms with Gasteiger partial charge in [0, 0.05) is 36.5 Å². The molecule has 2 saturated heterocycles. The van der Waals surface area contributed by atoms with Crippen molar-refractivity contribution in [1.29, 1.82) is 0 Å². The third kappa shape index (κ3) is 5.80. The minimum Gasteiger partial charge on any atom is -0.378 e. The van der Waals surface area contributed by atoms with E-state index in [9.17, 15) is 18.0 Å². The van der Waals surface area contributed by atoms with Crippen molar-refractivity contribution in [2.24, 2.45) is 5.92 Å². The van der Waals surface area contributed by atoms with Crippen LogP contribution in [0.15, 0.2) is 27.6 Å². The largest absolute Gasteiger partial charge is 0.446 e. The molecule has 0 bridgehead atoms. The average Bonchev–Trinajstić information content (AvgIpc) is 3.53. The Balaban J connectivity index is 1.46. The Bertz CT molecular complexity index is 1280. The van der Waals surface area contributed by atoms with Crippen molar-refractivity contribution in [2.75, 3.05) is 31.5 Å². The predicted octanol–water partition coefficient (Wildman–Crippen LogP) is 5.40. The van der Waals surface area contributed by atoms with Crippen LogP contribution in [0, 0.1) is 5.92 Å². The molecule has 3 N–H and O–H groups in total. The molecule has 2 aliphatic heterocycles. The van der Waals surface area contributed by atoms with E-state index in [-0.39, 0.29) is 39.8 Å². The van der Waals surface area contributed by atoms with Crippen LogP contribution in [0.2, 0.25) is 0 Å². The van der Waals surface area contributed by atoms with E-state index in [1.165, 1.54) is 0 Å². The fourth-order valence-electron chi connectivity index (χ4n) is 4.66. The lowest BCUT2D eigenvalue weighted by atomic mass is 10.0. The van der Waals surface area contributed by atoms with E-state index in [2.05, 4.69) is 44.8 Å². The highest BCUT2D eigenvalue weighted by molar-refractivity contribution is 8.00. The van der Waals surface area contributed by atoms with Gasteiger partial charge in [0.2, 0.25) is 5.82 Å². The summed E-state index contributed by atoms with van der Waals surface area (Å²) in [4.78, 5) is 18.0. The molecule has 2 aliphatic rings. The molecule has 1 aromatic carbocycles. The van der Waals surface area contributed by atoms with Gasteiger partial charge in [-0.1, -0.05) is 31.1 Å². The first-order chi connectivity index (χ1) is 17.6. The standard InChI is InChI=1S/C23H26F4N6O2S2/c1-11(2)9-33-7-6-14(13(24)10-33)29-15-5-3-4-12-17(15)36-19(18(12)37-23(25,26)27)20-31-21(35-32-20)16-8-28-22(34)30-16/h3-5,11,13-14,16,29H,6-10H2,1-2H3,(H2,28,30,34). The molecular weight excluding hydrogens is 532 g/mol. The van der Waals surface area contributed by atoms with Crippen molar-refractivity contribution in [3.05, 3.63) is 24.1 Å². The van der Waals surface area contributed by atoms with Gasteiger partial charge in [0.25, 0.3) is 5.89 Å². The molecule has 3 atom stereocenters. The van der Waals surface area contributed by atoms with Crippen LogP contribution in [0.5, 0.6) is 0 Å². The zero-order valence-corrected chi connectivity index (χ0v) is 21.7. The number of piperidine rings is 1. The first-order valence-electron chi connectivity index (χ1n) is 11.9. The fraction of sp³-hybridized carbons (Fsp3) is 0.522. The van der Waals surface area contributed by atoms with Gasteiger partial charge in [-0.25, -0.2) is 9.18 Å². The van der Waals surface area contributed by atoms with Crippen LogP contribution in [0.25, 0.3) is 20.8 Å². The van der Waals surface area contributed by atoms with Crippen LogP contribution in [-0.4, -0.2) is 65.0 Å². The van der Waals surface area contributed by atoms with Crippen molar-refractivity contribution in [2.45, 2.75) is 48.9 Å². The average molecular weight is 559 g/mol. The second-order valence-corrected chi connectivity index (χ2v) is 11.7. The molecule has 2 aromatic heterocycles. The summed E-state index contributed by atoms with van der Waals surface area (Å²) in [7, 11) is 0. The Morgan fingerprint density at radius 1 is 1.35 bits per heavy atom. The number of aromatic nitrogens is 2. The lowest BCUT2D eigenvalue weighted by Gasteiger charge is -2.36. The summed E-state index contributed by atoms with van der Waals surface area (Å²) >= 11 is 0.855. The fourth-order valence-corrected chi connectivity index (χ4v) is 6.77. The molecular formula is C23H26F4N6O2S2. The van der Waals surface area contributed by atoms with Gasteiger partial charge >= 0.3 is 11.5 Å². The number of carbonyl (C=O) groups excluding carboxylic acids is 1. The van der Waals surface area contributed by atoms with Crippen molar-refractivity contribution < 1.29 is 26.9 Å². The maximum absolute atomic E-state index is 15.1. The Morgan fingerprint density at radius 2 is 2.16 bits per heavy atom. The molecule has 0 spiro atoms. The van der Waals surface area contributed by atoms with Gasteiger partial charge in [0.1, 0.15) is 12.2 Å². The summed E-state index contributed by atoms with van der Waals surface area (Å²) in [6.45, 7) is 6.30. The molecule has 37 heavy (non-hydrogen) atoms. The molecule has 5 rings (SSSR count). The number of nitrogens with zero attached hydrogens (tertiary/aromatic N) is 3. The number of halogens is 4. The second-order valence-electron chi connectivity index (χ2n) is 9.56. The van der Waals surface area contributed by atoms with Crippen molar-refractivity contribution in [1.82, 2.24) is 25.7 Å². The highest BCUT2D eigenvalue weighted by Crippen LogP contribution is 2.50. The van der Waals surface area contributed by atoms with Gasteiger partial charge in [-0.05, 0) is 30.2 Å². The monoisotopic (exact) mass is 558 g/mol. The maximum Gasteiger partial charge on any atom is 0.446 e. The van der Waals surface area contributed by atoms with Crippen molar-refractivity contribution >= 4 is 44.9 Å². The first kappa shape index (κ1) is 26.0. The molecule has 3 unspecified atom stereocenters. The normalized spacial score (nSPS) is 23.0. The number of rotatable bonds is 7. The number of nitrogens with one attached hydrogen (secondary N) is 3. The van der Waals surface area contributed by atoms with Gasteiger partial charge in [-0.2, -0.15) is 18.2 Å². The second kappa shape index (κ2) is 10.3. The smallest absolute Gasteiger partial charge is 0.378 e. The number of alkyl halides is 4. The van der Waals surface area contributed by atoms with Crippen LogP contribution >= 0.6 is 23.1 Å². The molecule has 2 fully saturated rings. The van der Waals surface area contributed by atoms with E-state index >= 15 is 4.39 Å². The van der Waals surface area contributed by atoms with Crippen LogP contribution in [0.1, 0.15) is 32.2 Å². The number of anilines is 1. The van der Waals surface area contributed by atoms with E-state index in [0.717, 1.165) is 24.4 Å². The van der Waals surface area contributed by atoms with Crippen LogP contribution in [0.4, 0.5) is 28.0 Å². The van der Waals surface area contributed by atoms with Crippen LogP contribution < -0.4 is 16.0 Å². The van der Waals surface area contributed by atoms with Gasteiger partial charge < -0.3 is 25.4 Å². The predicted molar refractivity (Wildman–Crippen MR) is 135 cm³/mol. The highest BCUT2D eigenvalue weighted by atomic mass is 32.2. The summed E-state index contributed by atoms with van der Waals surface area (Å²) in [5, 5.41) is 12.7. The number of hydrogen-bond acceptors (Lipinski definition) is 8.